The van der Waals surface area contributed by atoms with Crippen molar-refractivity contribution in [2.45, 2.75) is 52.6 Å². The minimum atomic E-state index is -0.0822. The molecule has 0 saturated carbocycles. The van der Waals surface area contributed by atoms with Gasteiger partial charge in [-0.25, -0.2) is 9.97 Å². The first-order valence-corrected chi connectivity index (χ1v) is 17.5. The molecule has 0 amide bonds. The van der Waals surface area contributed by atoms with Crippen LogP contribution < -0.4 is 10.6 Å². The molecule has 0 spiro atoms. The molecule has 1 aromatic carbocycles. The molecule has 0 unspecified atom stereocenters. The van der Waals surface area contributed by atoms with Crippen molar-refractivity contribution in [3.63, 3.8) is 0 Å². The van der Waals surface area contributed by atoms with Crippen LogP contribution in [0, 0.1) is 11.8 Å². The quantitative estimate of drug-likeness (QED) is 0.176. The second-order valence-corrected chi connectivity index (χ2v) is 16.4. The second kappa shape index (κ2) is 13.3. The highest BCUT2D eigenvalue weighted by Gasteiger charge is 2.21. The number of rotatable bonds is 4. The predicted octanol–water partition coefficient (Wildman–Crippen LogP) is 9.50. The van der Waals surface area contributed by atoms with Crippen LogP contribution in [0.5, 0.6) is 0 Å². The summed E-state index contributed by atoms with van der Waals surface area (Å²) in [5, 5.41) is 7.13. The molecule has 0 saturated heterocycles. The molecule has 6 aromatic heterocycles. The smallest absolute Gasteiger partial charge is 0.157 e. The van der Waals surface area contributed by atoms with Gasteiger partial charge in [0.2, 0.25) is 0 Å². The Kier molecular flexibility index (Phi) is 9.19. The van der Waals surface area contributed by atoms with Crippen LogP contribution in [0.25, 0.3) is 32.4 Å². The fourth-order valence-electron chi connectivity index (χ4n) is 4.74. The van der Waals surface area contributed by atoms with Crippen LogP contribution in [0.3, 0.4) is 0 Å². The molecule has 7 rings (SSSR count). The van der Waals surface area contributed by atoms with Crippen molar-refractivity contribution in [2.24, 2.45) is 0 Å². The summed E-state index contributed by atoms with van der Waals surface area (Å²) in [4.78, 5) is 21.1. The van der Waals surface area contributed by atoms with Gasteiger partial charge in [-0.3, -0.25) is 18.8 Å². The molecule has 0 aliphatic rings. The van der Waals surface area contributed by atoms with Crippen LogP contribution in [0.2, 0.25) is 0 Å². The van der Waals surface area contributed by atoms with Gasteiger partial charge in [0.1, 0.15) is 23.0 Å². The lowest BCUT2D eigenvalue weighted by molar-refractivity contribution is 0.629. The third-order valence-electron chi connectivity index (χ3n) is 6.60. The van der Waals surface area contributed by atoms with Crippen LogP contribution in [-0.2, 0) is 0 Å². The zero-order valence-corrected chi connectivity index (χ0v) is 30.3. The van der Waals surface area contributed by atoms with Gasteiger partial charge in [0, 0.05) is 41.4 Å². The topological polar surface area (TPSA) is 84.4 Å². The highest BCUT2D eigenvalue weighted by atomic mass is 79.9. The van der Waals surface area contributed by atoms with Gasteiger partial charge in [0.25, 0.3) is 0 Å². The minimum Gasteiger partial charge on any atom is -0.365 e. The average Bonchev–Trinajstić information content (AvgIpc) is 3.82. The summed E-state index contributed by atoms with van der Waals surface area (Å²) in [6.07, 6.45) is 11.0. The molecule has 47 heavy (non-hydrogen) atoms. The van der Waals surface area contributed by atoms with Crippen molar-refractivity contribution in [3.05, 3.63) is 106 Å². The molecule has 0 radical (unpaired) electrons. The number of hydrogen-bond acceptors (Lipinski definition) is 8. The van der Waals surface area contributed by atoms with E-state index >= 15 is 0 Å². The van der Waals surface area contributed by atoms with E-state index in [-0.39, 0.29) is 11.1 Å². The minimum absolute atomic E-state index is 0.0392. The first-order chi connectivity index (χ1) is 22.4. The van der Waals surface area contributed by atoms with Crippen LogP contribution in [0.4, 0.5) is 11.6 Å². The number of imidazole rings is 2. The lowest BCUT2D eigenvalue weighted by Crippen LogP contribution is -2.27. The van der Waals surface area contributed by atoms with Crippen molar-refractivity contribution in [3.8, 4) is 33.0 Å². The predicted molar refractivity (Wildman–Crippen MR) is 199 cm³/mol. The number of hydrogen-bond donors (Lipinski definition) is 2. The van der Waals surface area contributed by atoms with E-state index in [0.29, 0.717) is 0 Å². The molecule has 0 fully saturated rings. The summed E-state index contributed by atoms with van der Waals surface area (Å²) in [6.45, 7) is 12.8. The molecule has 0 bridgehead atoms. The Morgan fingerprint density at radius 3 is 1.70 bits per heavy atom. The van der Waals surface area contributed by atoms with E-state index in [1.165, 1.54) is 0 Å². The van der Waals surface area contributed by atoms with Gasteiger partial charge in [0.05, 0.1) is 30.8 Å². The normalized spacial score (nSPS) is 11.6. The Morgan fingerprint density at radius 1 is 0.660 bits per heavy atom. The maximum absolute atomic E-state index is 4.80. The fraction of sp³-hybridized carbons (Fsp3) is 0.222. The Hall–Kier alpha value is -4.50. The third kappa shape index (κ3) is 7.91. The molecule has 0 aliphatic heterocycles. The van der Waals surface area contributed by atoms with Crippen molar-refractivity contribution < 1.29 is 0 Å². The number of aromatic nitrogens is 6. The molecule has 0 atom stereocenters. The van der Waals surface area contributed by atoms with Gasteiger partial charge in [0.15, 0.2) is 11.3 Å². The first kappa shape index (κ1) is 32.4. The molecule has 238 valence electrons. The van der Waals surface area contributed by atoms with Crippen LogP contribution >= 0.6 is 38.6 Å². The Balaban J connectivity index is 0.000000172. The maximum atomic E-state index is 4.80. The largest absolute Gasteiger partial charge is 0.365 e. The summed E-state index contributed by atoms with van der Waals surface area (Å²) in [7, 11) is 0. The zero-order chi connectivity index (χ0) is 33.2. The van der Waals surface area contributed by atoms with E-state index in [2.05, 4.69) is 108 Å². The summed E-state index contributed by atoms with van der Waals surface area (Å²) >= 11 is 6.84. The third-order valence-corrected chi connectivity index (χ3v) is 9.23. The van der Waals surface area contributed by atoms with Crippen LogP contribution in [0.15, 0.2) is 95.6 Å². The number of fused-ring (bicyclic) bond motifs is 2. The first-order valence-electron chi connectivity index (χ1n) is 15.1. The Morgan fingerprint density at radius 2 is 1.19 bits per heavy atom. The van der Waals surface area contributed by atoms with Gasteiger partial charge in [-0.1, -0.05) is 30.0 Å². The zero-order valence-electron chi connectivity index (χ0n) is 27.0. The molecule has 2 N–H and O–H groups in total. The Labute approximate surface area is 291 Å². The van der Waals surface area contributed by atoms with Crippen molar-refractivity contribution >= 4 is 61.5 Å². The number of halogens is 1. The van der Waals surface area contributed by atoms with Crippen LogP contribution in [-0.4, -0.2) is 39.8 Å². The van der Waals surface area contributed by atoms with E-state index < -0.39 is 0 Å². The van der Waals surface area contributed by atoms with Gasteiger partial charge < -0.3 is 10.6 Å². The number of thiophene rings is 2. The molecule has 0 aliphatic carbocycles. The monoisotopic (exact) mass is 722 g/mol. The van der Waals surface area contributed by atoms with Gasteiger partial charge in [-0.05, 0) is 93.9 Å². The number of nitrogens with one attached hydrogen (secondary N) is 2. The maximum Gasteiger partial charge on any atom is 0.157 e. The van der Waals surface area contributed by atoms with E-state index in [1.807, 2.05) is 57.6 Å². The number of nitrogens with zero attached hydrogens (tertiary/aromatic N) is 6. The second-order valence-electron chi connectivity index (χ2n) is 12.9. The van der Waals surface area contributed by atoms with E-state index in [4.69, 9.17) is 9.97 Å². The van der Waals surface area contributed by atoms with Gasteiger partial charge in [-0.15, -0.1) is 22.7 Å². The van der Waals surface area contributed by atoms with Gasteiger partial charge >= 0.3 is 0 Å². The van der Waals surface area contributed by atoms with Crippen molar-refractivity contribution in [2.75, 3.05) is 10.6 Å². The van der Waals surface area contributed by atoms with Crippen molar-refractivity contribution in [1.82, 2.24) is 28.7 Å². The van der Waals surface area contributed by atoms with E-state index in [0.717, 1.165) is 58.3 Å². The summed E-state index contributed by atoms with van der Waals surface area (Å²) in [5.74, 6) is 8.45. The number of anilines is 2. The standard InChI is InChI=1S/C22H20N4S.C14H15BrN4S/c1-22(2,3)25-21-20(24-19-15-23-13-14-26(19)21)18-12-11-17(27-18)10-9-16-7-5-4-6-8-16;1-14(2,3)18-13-12(9-4-5-10(15)20-9)17-11-8-16-6-7-19(11)13/h4-8,11-15,25H,1-3H3;4-8,18H,1-3H3. The fourth-order valence-corrected chi connectivity index (χ4v) is 6.96. The number of benzene rings is 1. The highest BCUT2D eigenvalue weighted by molar-refractivity contribution is 9.11. The molecular formula is C36H35BrN8S2. The Bertz CT molecular complexity index is 2200. The SMILES string of the molecule is CC(C)(C)Nc1c(-c2ccc(Br)s2)nc2cnccn12.CC(C)(C)Nc1c(-c2ccc(C#Cc3ccccc3)s2)nc2cnccn12. The molecule has 11 heteroatoms. The lowest BCUT2D eigenvalue weighted by atomic mass is 10.1. The summed E-state index contributed by atoms with van der Waals surface area (Å²) in [5.41, 5.74) is 4.45. The van der Waals surface area contributed by atoms with Gasteiger partial charge in [-0.2, -0.15) is 0 Å². The van der Waals surface area contributed by atoms with Crippen molar-refractivity contribution in [1.29, 1.82) is 0 Å². The summed E-state index contributed by atoms with van der Waals surface area (Å²) < 4.78 is 5.19. The lowest BCUT2D eigenvalue weighted by Gasteiger charge is -2.22. The molecular weight excluding hydrogens is 688 g/mol. The molecule has 7 aromatic rings. The van der Waals surface area contributed by atoms with Crippen LogP contribution in [0.1, 0.15) is 52.0 Å². The average molecular weight is 724 g/mol. The summed E-state index contributed by atoms with van der Waals surface area (Å²) in [6, 6.07) is 18.3. The van der Waals surface area contributed by atoms with E-state index in [9.17, 15) is 0 Å². The molecule has 8 nitrogen and oxygen atoms in total. The van der Waals surface area contributed by atoms with E-state index in [1.54, 1.807) is 47.5 Å². The molecule has 6 heterocycles. The highest BCUT2D eigenvalue weighted by Crippen LogP contribution is 2.37.